The summed E-state index contributed by atoms with van der Waals surface area (Å²) in [7, 11) is 6.09. The normalized spacial score (nSPS) is 12.1. The predicted octanol–water partition coefficient (Wildman–Crippen LogP) is 3.32. The first-order valence-corrected chi connectivity index (χ1v) is 7.79. The molecule has 0 saturated carbocycles. The van der Waals surface area contributed by atoms with E-state index in [0.717, 1.165) is 24.3 Å². The van der Waals surface area contributed by atoms with Gasteiger partial charge >= 0.3 is 0 Å². The maximum Gasteiger partial charge on any atom is 0.0923 e. The molecule has 0 N–H and O–H groups in total. The number of hydrogen-bond donors (Lipinski definition) is 0. The topological polar surface area (TPSA) is 15.6 Å². The van der Waals surface area contributed by atoms with E-state index < -0.39 is 0 Å². The van der Waals surface area contributed by atoms with E-state index in [0.29, 0.717) is 16.4 Å². The van der Waals surface area contributed by atoms with Crippen molar-refractivity contribution in [3.63, 3.8) is 0 Å². The van der Waals surface area contributed by atoms with Gasteiger partial charge in [0.1, 0.15) is 0 Å². The van der Waals surface area contributed by atoms with Crippen LogP contribution in [0.25, 0.3) is 0 Å². The Morgan fingerprint density at radius 2 is 1.75 bits per heavy atom. The fourth-order valence-corrected chi connectivity index (χ4v) is 2.22. The van der Waals surface area contributed by atoms with Gasteiger partial charge in [-0.15, -0.1) is 23.2 Å². The van der Waals surface area contributed by atoms with Gasteiger partial charge in [0.25, 0.3) is 0 Å². The van der Waals surface area contributed by atoms with E-state index in [4.69, 9.17) is 23.2 Å². The fourth-order valence-electron chi connectivity index (χ4n) is 1.81. The van der Waals surface area contributed by atoms with E-state index >= 15 is 0 Å². The van der Waals surface area contributed by atoms with Gasteiger partial charge in [-0.25, -0.2) is 4.59 Å². The maximum absolute atomic E-state index is 5.84. The summed E-state index contributed by atoms with van der Waals surface area (Å²) in [4.78, 5) is 2.20. The third-order valence-electron chi connectivity index (χ3n) is 2.87. The highest BCUT2D eigenvalue weighted by molar-refractivity contribution is 6.18. The summed E-state index contributed by atoms with van der Waals surface area (Å²) in [5.74, 6) is 1.20. The lowest BCUT2D eigenvalue weighted by molar-refractivity contribution is -0.876. The van der Waals surface area contributed by atoms with Crippen LogP contribution in [-0.4, -0.2) is 56.8 Å². The van der Waals surface area contributed by atoms with Gasteiger partial charge in [0.15, 0.2) is 0 Å². The highest BCUT2D eigenvalue weighted by atomic mass is 35.5. The first kappa shape index (κ1) is 17.3. The van der Waals surface area contributed by atoms with Crippen molar-refractivity contribution in [2.24, 2.45) is 5.10 Å². The van der Waals surface area contributed by atoms with E-state index in [9.17, 15) is 0 Å². The number of alkyl halides is 2. The van der Waals surface area contributed by atoms with Crippen molar-refractivity contribution in [2.45, 2.75) is 6.92 Å². The minimum Gasteiger partial charge on any atom is -0.369 e. The molecule has 0 aromatic heterocycles. The maximum atomic E-state index is 5.84. The molecule has 0 unspecified atom stereocenters. The zero-order chi connectivity index (χ0) is 15.2. The number of rotatable bonds is 7. The van der Waals surface area contributed by atoms with Crippen molar-refractivity contribution < 1.29 is 4.59 Å². The quantitative estimate of drug-likeness (QED) is 0.326. The molecule has 0 saturated heterocycles. The zero-order valence-electron chi connectivity index (χ0n) is 12.7. The standard InChI is InChI=1S/C15H24Cl2N3/c1-13-11-15(19(9-7-16)10-8-17)6-5-14(13)12-18-20(2,3)4/h5-6,11-12H,7-10H2,1-4H3/q+1. The summed E-state index contributed by atoms with van der Waals surface area (Å²) in [5.41, 5.74) is 3.50. The van der Waals surface area contributed by atoms with Gasteiger partial charge in [-0.2, -0.15) is 0 Å². The van der Waals surface area contributed by atoms with Crippen LogP contribution in [0.15, 0.2) is 23.3 Å². The molecule has 3 nitrogen and oxygen atoms in total. The first-order valence-electron chi connectivity index (χ1n) is 6.72. The van der Waals surface area contributed by atoms with Crippen molar-refractivity contribution in [1.82, 2.24) is 0 Å². The Hall–Kier alpha value is -0.770. The third kappa shape index (κ3) is 5.70. The van der Waals surface area contributed by atoms with Gasteiger partial charge in [-0.1, -0.05) is 11.2 Å². The van der Waals surface area contributed by atoms with Gasteiger partial charge < -0.3 is 4.90 Å². The lowest BCUT2D eigenvalue weighted by atomic mass is 10.1. The highest BCUT2D eigenvalue weighted by Crippen LogP contribution is 2.19. The van der Waals surface area contributed by atoms with Crippen LogP contribution in [0.3, 0.4) is 0 Å². The summed E-state index contributed by atoms with van der Waals surface area (Å²) in [5, 5.41) is 4.49. The second-order valence-corrected chi connectivity index (χ2v) is 6.35. The largest absolute Gasteiger partial charge is 0.369 e. The van der Waals surface area contributed by atoms with Crippen LogP contribution >= 0.6 is 23.2 Å². The number of anilines is 1. The van der Waals surface area contributed by atoms with Crippen LogP contribution in [0.1, 0.15) is 11.1 Å². The second-order valence-electron chi connectivity index (χ2n) is 5.59. The average molecular weight is 317 g/mol. The predicted molar refractivity (Wildman–Crippen MR) is 90.5 cm³/mol. The number of quaternary nitrogens is 1. The molecule has 5 heteroatoms. The van der Waals surface area contributed by atoms with Gasteiger partial charge in [0, 0.05) is 36.1 Å². The van der Waals surface area contributed by atoms with Gasteiger partial charge in [0.2, 0.25) is 0 Å². The Labute approximate surface area is 132 Å². The third-order valence-corrected chi connectivity index (χ3v) is 3.21. The van der Waals surface area contributed by atoms with E-state index in [1.807, 2.05) is 27.4 Å². The van der Waals surface area contributed by atoms with Crippen LogP contribution in [0, 0.1) is 6.92 Å². The number of halogens is 2. The highest BCUT2D eigenvalue weighted by Gasteiger charge is 2.08. The lowest BCUT2D eigenvalue weighted by Crippen LogP contribution is -2.28. The van der Waals surface area contributed by atoms with E-state index in [1.54, 1.807) is 0 Å². The SMILES string of the molecule is Cc1cc(N(CCCl)CCCl)ccc1C=N[N+](C)(C)C. The monoisotopic (exact) mass is 316 g/mol. The van der Waals surface area contributed by atoms with Crippen LogP contribution in [0.4, 0.5) is 5.69 Å². The summed E-state index contributed by atoms with van der Waals surface area (Å²) >= 11 is 11.7. The number of nitrogens with zero attached hydrogens (tertiary/aromatic N) is 3. The molecular weight excluding hydrogens is 293 g/mol. The minimum absolute atomic E-state index is 0.561. The number of benzene rings is 1. The molecule has 0 bridgehead atoms. The van der Waals surface area contributed by atoms with Crippen molar-refractivity contribution in [1.29, 1.82) is 0 Å². The van der Waals surface area contributed by atoms with Gasteiger partial charge in [0.05, 0.1) is 27.4 Å². The fraction of sp³-hybridized carbons (Fsp3) is 0.533. The molecule has 0 radical (unpaired) electrons. The van der Waals surface area contributed by atoms with Crippen LogP contribution in [0.5, 0.6) is 0 Å². The lowest BCUT2D eigenvalue weighted by Gasteiger charge is -2.23. The molecule has 0 aliphatic carbocycles. The summed E-state index contributed by atoms with van der Waals surface area (Å²) < 4.78 is 0.561. The average Bonchev–Trinajstić information content (AvgIpc) is 2.36. The minimum atomic E-state index is 0.561. The first-order chi connectivity index (χ1) is 9.37. The molecule has 20 heavy (non-hydrogen) atoms. The Morgan fingerprint density at radius 3 is 2.20 bits per heavy atom. The molecule has 0 amide bonds. The van der Waals surface area contributed by atoms with Crippen molar-refractivity contribution in [2.75, 3.05) is 50.9 Å². The molecule has 0 atom stereocenters. The molecule has 1 aromatic carbocycles. The molecule has 112 valence electrons. The Bertz CT molecular complexity index is 447. The Morgan fingerprint density at radius 1 is 1.15 bits per heavy atom. The summed E-state index contributed by atoms with van der Waals surface area (Å²) in [6.07, 6.45) is 1.92. The zero-order valence-corrected chi connectivity index (χ0v) is 14.2. The second kappa shape index (κ2) is 7.87. The molecule has 0 spiro atoms. The Kier molecular flexibility index (Phi) is 6.80. The van der Waals surface area contributed by atoms with Gasteiger partial charge in [-0.05, 0) is 24.6 Å². The molecule has 1 aromatic rings. The number of hydrogen-bond acceptors (Lipinski definition) is 2. The summed E-state index contributed by atoms with van der Waals surface area (Å²) in [6.45, 7) is 3.71. The van der Waals surface area contributed by atoms with Crippen LogP contribution in [-0.2, 0) is 0 Å². The van der Waals surface area contributed by atoms with Crippen LogP contribution in [0.2, 0.25) is 0 Å². The molecular formula is C15H24Cl2N3+. The van der Waals surface area contributed by atoms with Crippen LogP contribution < -0.4 is 4.90 Å². The number of aryl methyl sites for hydroxylation is 1. The van der Waals surface area contributed by atoms with Crippen molar-refractivity contribution >= 4 is 35.1 Å². The molecule has 1 rings (SSSR count). The van der Waals surface area contributed by atoms with E-state index in [2.05, 4.69) is 35.1 Å². The molecule has 0 heterocycles. The molecule has 0 fully saturated rings. The van der Waals surface area contributed by atoms with E-state index in [1.165, 1.54) is 5.56 Å². The van der Waals surface area contributed by atoms with Crippen molar-refractivity contribution in [3.8, 4) is 0 Å². The molecule has 0 aliphatic rings. The van der Waals surface area contributed by atoms with Gasteiger partial charge in [-0.3, -0.25) is 0 Å². The van der Waals surface area contributed by atoms with E-state index in [-0.39, 0.29) is 0 Å². The smallest absolute Gasteiger partial charge is 0.0923 e. The molecule has 0 aliphatic heterocycles. The summed E-state index contributed by atoms with van der Waals surface area (Å²) in [6, 6.07) is 6.36. The Balaban J connectivity index is 2.94. The van der Waals surface area contributed by atoms with Crippen molar-refractivity contribution in [3.05, 3.63) is 29.3 Å².